The van der Waals surface area contributed by atoms with Crippen LogP contribution in [0.3, 0.4) is 0 Å². The first-order valence-corrected chi connectivity index (χ1v) is 17.2. The van der Waals surface area contributed by atoms with E-state index < -0.39 is 11.6 Å². The molecule has 0 aromatic heterocycles. The third-order valence-electron chi connectivity index (χ3n) is 9.38. The molecule has 2 fully saturated rings. The van der Waals surface area contributed by atoms with Gasteiger partial charge >= 0.3 is 0 Å². The van der Waals surface area contributed by atoms with Crippen LogP contribution in [0, 0.1) is 21.7 Å². The van der Waals surface area contributed by atoms with E-state index in [9.17, 15) is 5.11 Å². The van der Waals surface area contributed by atoms with Crippen molar-refractivity contribution in [2.75, 3.05) is 42.7 Å². The molecule has 7 heteroatoms. The Balaban J connectivity index is 1.73. The van der Waals surface area contributed by atoms with Crippen LogP contribution < -0.4 is 9.80 Å². The van der Waals surface area contributed by atoms with Crippen LogP contribution in [-0.4, -0.2) is 50.2 Å². The largest absolute Gasteiger partial charge is 0.394 e. The molecule has 256 valence electrons. The molecule has 0 aliphatic carbocycles. The summed E-state index contributed by atoms with van der Waals surface area (Å²) < 4.78 is 26.5. The van der Waals surface area contributed by atoms with E-state index in [-0.39, 0.29) is 40.5 Å². The standard InChI is InChI=1S/C39H60N2O5/c1-14-28-22-43-38(45-28,36(8,9)10)26-15-17-30-32(19-26)40(24-34(2,3)4)31-18-16-27(20-33(31)41(30)25-35(5,6)7)39(37(11,12)13)44-23-29(21-42)46-39/h15-20,28-29,42H,14,21-25H2,1-13H3. The first-order valence-electron chi connectivity index (χ1n) is 17.2. The molecule has 4 unspecified atom stereocenters. The first kappa shape index (κ1) is 35.2. The van der Waals surface area contributed by atoms with Crippen LogP contribution in [0.1, 0.15) is 108 Å². The van der Waals surface area contributed by atoms with Gasteiger partial charge in [-0.2, -0.15) is 0 Å². The fraction of sp³-hybridized carbons (Fsp3) is 0.692. The van der Waals surface area contributed by atoms with Gasteiger partial charge in [0.2, 0.25) is 0 Å². The van der Waals surface area contributed by atoms with Gasteiger partial charge in [-0.1, -0.05) is 102 Å². The molecule has 0 saturated carbocycles. The monoisotopic (exact) mass is 636 g/mol. The smallest absolute Gasteiger partial charge is 0.200 e. The number of nitrogens with zero attached hydrogens (tertiary/aromatic N) is 2. The zero-order chi connectivity index (χ0) is 34.1. The molecule has 1 N–H and O–H groups in total. The number of aliphatic hydroxyl groups excluding tert-OH is 1. The van der Waals surface area contributed by atoms with Gasteiger partial charge in [-0.3, -0.25) is 0 Å². The predicted molar refractivity (Wildman–Crippen MR) is 187 cm³/mol. The molecule has 0 spiro atoms. The van der Waals surface area contributed by atoms with Crippen LogP contribution in [0.5, 0.6) is 0 Å². The number of rotatable bonds is 6. The van der Waals surface area contributed by atoms with Crippen LogP contribution in [0.15, 0.2) is 36.4 Å². The summed E-state index contributed by atoms with van der Waals surface area (Å²) in [6.07, 6.45) is 0.620. The third-order valence-corrected chi connectivity index (χ3v) is 9.38. The van der Waals surface area contributed by atoms with E-state index >= 15 is 0 Å². The van der Waals surface area contributed by atoms with Crippen LogP contribution in [0.2, 0.25) is 0 Å². The SMILES string of the molecule is CCC1COC(c2ccc3c(c2)N(CC(C)(C)C)c2ccc(C4(C(C)(C)C)OCC(CO)O4)cc2N3CC(C)(C)C)(C(C)(C)C)O1. The molecule has 2 saturated heterocycles. The van der Waals surface area contributed by atoms with Gasteiger partial charge in [0.15, 0.2) is 11.6 Å². The summed E-state index contributed by atoms with van der Waals surface area (Å²) in [6, 6.07) is 13.5. The lowest BCUT2D eigenvalue weighted by atomic mass is 9.79. The number of ether oxygens (including phenoxy) is 4. The zero-order valence-corrected chi connectivity index (χ0v) is 30.8. The molecule has 2 aromatic carbocycles. The average Bonchev–Trinajstić information content (AvgIpc) is 3.59. The molecule has 2 aromatic rings. The lowest BCUT2D eigenvalue weighted by Crippen LogP contribution is -2.43. The maximum Gasteiger partial charge on any atom is 0.200 e. The molecule has 0 radical (unpaired) electrons. The molecule has 3 aliphatic rings. The molecule has 3 aliphatic heterocycles. The van der Waals surface area contributed by atoms with Gasteiger partial charge in [0.05, 0.1) is 48.7 Å². The summed E-state index contributed by atoms with van der Waals surface area (Å²) in [7, 11) is 0. The first-order chi connectivity index (χ1) is 21.1. The fourth-order valence-corrected chi connectivity index (χ4v) is 7.17. The average molecular weight is 637 g/mol. The summed E-state index contributed by atoms with van der Waals surface area (Å²) in [5.74, 6) is -1.82. The minimum atomic E-state index is -0.978. The molecule has 3 heterocycles. The number of fused-ring (bicyclic) bond motifs is 2. The molecule has 5 rings (SSSR count). The number of hydrogen-bond acceptors (Lipinski definition) is 7. The van der Waals surface area contributed by atoms with Crippen LogP contribution in [0.4, 0.5) is 22.7 Å². The van der Waals surface area contributed by atoms with E-state index in [1.807, 2.05) is 0 Å². The van der Waals surface area contributed by atoms with E-state index in [1.165, 1.54) is 0 Å². The Hall–Kier alpha value is -2.16. The van der Waals surface area contributed by atoms with Gasteiger partial charge in [-0.15, -0.1) is 0 Å². The molecule has 46 heavy (non-hydrogen) atoms. The molecule has 0 bridgehead atoms. The van der Waals surface area contributed by atoms with E-state index in [1.54, 1.807) is 0 Å². The van der Waals surface area contributed by atoms with Crippen molar-refractivity contribution in [3.63, 3.8) is 0 Å². The molecular weight excluding hydrogens is 576 g/mol. The minimum absolute atomic E-state index is 0.0120. The topological polar surface area (TPSA) is 63.6 Å². The van der Waals surface area contributed by atoms with Crippen molar-refractivity contribution < 1.29 is 24.1 Å². The van der Waals surface area contributed by atoms with Crippen LogP contribution >= 0.6 is 0 Å². The van der Waals surface area contributed by atoms with Crippen molar-refractivity contribution in [3.05, 3.63) is 47.5 Å². The van der Waals surface area contributed by atoms with E-state index in [0.29, 0.717) is 13.2 Å². The normalized spacial score (nSPS) is 27.3. The fourth-order valence-electron chi connectivity index (χ4n) is 7.17. The lowest BCUT2D eigenvalue weighted by Gasteiger charge is -2.47. The van der Waals surface area contributed by atoms with Gasteiger partial charge in [-0.05, 0) is 41.5 Å². The van der Waals surface area contributed by atoms with Crippen molar-refractivity contribution >= 4 is 22.7 Å². The summed E-state index contributed by atoms with van der Waals surface area (Å²) >= 11 is 0. The van der Waals surface area contributed by atoms with Crippen molar-refractivity contribution in [1.82, 2.24) is 0 Å². The Bertz CT molecular complexity index is 1300. The highest BCUT2D eigenvalue weighted by molar-refractivity contribution is 5.94. The summed E-state index contributed by atoms with van der Waals surface area (Å²) in [5, 5.41) is 9.98. The summed E-state index contributed by atoms with van der Waals surface area (Å²) in [4.78, 5) is 4.96. The number of hydrogen-bond donors (Lipinski definition) is 1. The highest BCUT2D eigenvalue weighted by Crippen LogP contribution is 2.56. The second-order valence-electron chi connectivity index (χ2n) is 18.1. The Labute approximate surface area is 278 Å². The molecular formula is C39H60N2O5. The Morgan fingerprint density at radius 1 is 0.630 bits per heavy atom. The minimum Gasteiger partial charge on any atom is -0.394 e. The number of benzene rings is 2. The van der Waals surface area contributed by atoms with E-state index in [0.717, 1.165) is 53.4 Å². The van der Waals surface area contributed by atoms with Gasteiger partial charge in [0, 0.05) is 35.0 Å². The Kier molecular flexibility index (Phi) is 8.99. The summed E-state index contributed by atoms with van der Waals surface area (Å²) in [6.45, 7) is 31.5. The third kappa shape index (κ3) is 6.23. The lowest BCUT2D eigenvalue weighted by molar-refractivity contribution is -0.243. The van der Waals surface area contributed by atoms with Gasteiger partial charge < -0.3 is 33.9 Å². The zero-order valence-electron chi connectivity index (χ0n) is 30.8. The second-order valence-corrected chi connectivity index (χ2v) is 18.1. The van der Waals surface area contributed by atoms with E-state index in [2.05, 4.69) is 136 Å². The van der Waals surface area contributed by atoms with Crippen LogP contribution in [0.25, 0.3) is 0 Å². The Morgan fingerprint density at radius 3 is 1.33 bits per heavy atom. The predicted octanol–water partition coefficient (Wildman–Crippen LogP) is 9.00. The van der Waals surface area contributed by atoms with Crippen molar-refractivity contribution in [2.45, 2.75) is 120 Å². The van der Waals surface area contributed by atoms with Gasteiger partial charge in [-0.25, -0.2) is 0 Å². The number of aliphatic hydroxyl groups is 1. The van der Waals surface area contributed by atoms with Crippen LogP contribution in [-0.2, 0) is 30.5 Å². The Morgan fingerprint density at radius 2 is 1.02 bits per heavy atom. The highest BCUT2D eigenvalue weighted by Gasteiger charge is 2.54. The highest BCUT2D eigenvalue weighted by atomic mass is 16.8. The second kappa shape index (κ2) is 11.8. The van der Waals surface area contributed by atoms with E-state index in [4.69, 9.17) is 18.9 Å². The van der Waals surface area contributed by atoms with Gasteiger partial charge in [0.25, 0.3) is 0 Å². The molecule has 4 atom stereocenters. The van der Waals surface area contributed by atoms with Gasteiger partial charge in [0.1, 0.15) is 6.10 Å². The van der Waals surface area contributed by atoms with Crippen molar-refractivity contribution in [2.24, 2.45) is 21.7 Å². The van der Waals surface area contributed by atoms with Crippen molar-refractivity contribution in [1.29, 1.82) is 0 Å². The summed E-state index contributed by atoms with van der Waals surface area (Å²) in [5.41, 5.74) is 6.01. The number of anilines is 4. The quantitative estimate of drug-likeness (QED) is 0.340. The maximum atomic E-state index is 9.98. The maximum absolute atomic E-state index is 9.98. The van der Waals surface area contributed by atoms with Crippen molar-refractivity contribution in [3.8, 4) is 0 Å². The molecule has 7 nitrogen and oxygen atoms in total. The molecule has 0 amide bonds.